The molecular formula is C34H38N4O4. The summed E-state index contributed by atoms with van der Waals surface area (Å²) < 4.78 is 13.1. The average Bonchev–Trinajstić information content (AvgIpc) is 3.02. The third-order valence-electron chi connectivity index (χ3n) is 8.12. The fourth-order valence-corrected chi connectivity index (χ4v) is 5.84. The summed E-state index contributed by atoms with van der Waals surface area (Å²) in [7, 11) is 0. The highest BCUT2D eigenvalue weighted by molar-refractivity contribution is 6.03. The lowest BCUT2D eigenvalue weighted by Crippen LogP contribution is -2.40. The Morgan fingerprint density at radius 3 is 2.43 bits per heavy atom. The largest absolute Gasteiger partial charge is 0.392 e. The molecule has 1 amide bonds. The minimum atomic E-state index is -0.585. The molecule has 218 valence electrons. The van der Waals surface area contributed by atoms with E-state index in [1.54, 1.807) is 0 Å². The predicted molar refractivity (Wildman–Crippen MR) is 162 cm³/mol. The number of ether oxygens (including phenoxy) is 2. The van der Waals surface area contributed by atoms with Crippen LogP contribution in [0.5, 0.6) is 0 Å². The Hall–Kier alpha value is -3.69. The average molecular weight is 567 g/mol. The van der Waals surface area contributed by atoms with E-state index in [4.69, 9.17) is 9.47 Å². The summed E-state index contributed by atoms with van der Waals surface area (Å²) >= 11 is 0. The van der Waals surface area contributed by atoms with Crippen molar-refractivity contribution in [1.82, 2.24) is 14.9 Å². The molecule has 0 bridgehead atoms. The van der Waals surface area contributed by atoms with Crippen molar-refractivity contribution in [2.24, 2.45) is 0 Å². The molecule has 0 aliphatic carbocycles. The minimum Gasteiger partial charge on any atom is -0.392 e. The van der Waals surface area contributed by atoms with Crippen molar-refractivity contribution in [2.45, 2.75) is 63.6 Å². The molecule has 4 aromatic rings. The second-order valence-corrected chi connectivity index (χ2v) is 11.2. The van der Waals surface area contributed by atoms with Crippen LogP contribution in [0.3, 0.4) is 0 Å². The van der Waals surface area contributed by atoms with Gasteiger partial charge in [0.15, 0.2) is 6.29 Å². The molecule has 0 saturated carbocycles. The first-order chi connectivity index (χ1) is 20.6. The zero-order valence-electron chi connectivity index (χ0n) is 23.8. The molecule has 3 aromatic carbocycles. The number of nitrogens with zero attached hydrogens (tertiary/aromatic N) is 3. The number of likely N-dealkylation sites (tertiary alicyclic amines) is 1. The van der Waals surface area contributed by atoms with Crippen molar-refractivity contribution in [3.8, 4) is 0 Å². The number of amides is 1. The first-order valence-corrected chi connectivity index (χ1v) is 15.0. The van der Waals surface area contributed by atoms with Gasteiger partial charge in [0.25, 0.3) is 5.91 Å². The van der Waals surface area contributed by atoms with Gasteiger partial charge in [-0.3, -0.25) is 9.78 Å². The van der Waals surface area contributed by atoms with Gasteiger partial charge in [0.1, 0.15) is 5.69 Å². The number of nitrogens with one attached hydrogen (secondary N) is 1. The predicted octanol–water partition coefficient (Wildman–Crippen LogP) is 6.19. The van der Waals surface area contributed by atoms with Crippen LogP contribution in [-0.4, -0.2) is 51.6 Å². The molecule has 8 heteroatoms. The van der Waals surface area contributed by atoms with Crippen LogP contribution in [0.25, 0.3) is 11.0 Å². The van der Waals surface area contributed by atoms with E-state index in [0.717, 1.165) is 48.3 Å². The SMILES string of the molecule is O=C(Nc1cccc([C@H]2O[C@@H](CN3CCCCCCC3)C[C@@H](c3ccc(CO)cc3)O2)c1)c1cnc2ccccc2n1. The van der Waals surface area contributed by atoms with Gasteiger partial charge in [0, 0.05) is 24.2 Å². The molecule has 6 rings (SSSR count). The van der Waals surface area contributed by atoms with Crippen LogP contribution in [0.15, 0.2) is 79.0 Å². The molecule has 2 aliphatic rings. The molecule has 2 saturated heterocycles. The molecule has 0 spiro atoms. The molecule has 1 aromatic heterocycles. The summed E-state index contributed by atoms with van der Waals surface area (Å²) in [4.78, 5) is 24.4. The number of aromatic nitrogens is 2. The van der Waals surface area contributed by atoms with Gasteiger partial charge in [-0.05, 0) is 61.3 Å². The monoisotopic (exact) mass is 566 g/mol. The fraction of sp³-hybridized carbons (Fsp3) is 0.382. The number of anilines is 1. The first-order valence-electron chi connectivity index (χ1n) is 15.0. The van der Waals surface area contributed by atoms with Gasteiger partial charge in [-0.15, -0.1) is 0 Å². The van der Waals surface area contributed by atoms with Crippen LogP contribution in [0, 0.1) is 0 Å². The number of carbonyl (C=O) groups is 1. The quantitative estimate of drug-likeness (QED) is 0.276. The summed E-state index contributed by atoms with van der Waals surface area (Å²) in [5.41, 5.74) is 5.09. The number of rotatable bonds is 7. The Kier molecular flexibility index (Phi) is 9.15. The second-order valence-electron chi connectivity index (χ2n) is 11.2. The Morgan fingerprint density at radius 1 is 0.881 bits per heavy atom. The lowest BCUT2D eigenvalue weighted by atomic mass is 9.99. The number of benzene rings is 3. The van der Waals surface area contributed by atoms with Crippen LogP contribution in [0.2, 0.25) is 0 Å². The van der Waals surface area contributed by atoms with Crippen molar-refractivity contribution in [3.05, 3.63) is 101 Å². The zero-order valence-corrected chi connectivity index (χ0v) is 23.8. The maximum absolute atomic E-state index is 13.1. The number of hydrogen-bond donors (Lipinski definition) is 2. The van der Waals surface area contributed by atoms with Crippen molar-refractivity contribution in [1.29, 1.82) is 0 Å². The molecule has 2 aliphatic heterocycles. The molecule has 3 atom stereocenters. The van der Waals surface area contributed by atoms with E-state index in [9.17, 15) is 9.90 Å². The van der Waals surface area contributed by atoms with Gasteiger partial charge in [0.05, 0.1) is 36.0 Å². The highest BCUT2D eigenvalue weighted by Crippen LogP contribution is 2.39. The summed E-state index contributed by atoms with van der Waals surface area (Å²) in [5, 5.41) is 12.5. The molecule has 0 radical (unpaired) electrons. The normalized spacial score (nSPS) is 21.9. The van der Waals surface area contributed by atoms with Crippen molar-refractivity contribution in [2.75, 3.05) is 25.0 Å². The Labute approximate surface area is 246 Å². The number of para-hydroxylation sites is 2. The van der Waals surface area contributed by atoms with Crippen molar-refractivity contribution < 1.29 is 19.4 Å². The third-order valence-corrected chi connectivity index (χ3v) is 8.12. The smallest absolute Gasteiger partial charge is 0.275 e. The standard InChI is InChI=1S/C34H38N4O4/c39-23-24-13-15-25(16-14-24)32-20-28(22-38-17-6-2-1-3-7-18-38)41-34(42-32)26-9-8-10-27(19-26)36-33(40)31-21-35-29-11-4-5-12-30(29)37-31/h4-5,8-16,19,21,28,32,34,39H,1-3,6-7,17-18,20,22-23H2,(H,36,40)/t28-,32+,34+/m1/s1. The first kappa shape index (κ1) is 28.4. The lowest BCUT2D eigenvalue weighted by molar-refractivity contribution is -0.253. The second kappa shape index (κ2) is 13.5. The summed E-state index contributed by atoms with van der Waals surface area (Å²) in [6.45, 7) is 3.07. The summed E-state index contributed by atoms with van der Waals surface area (Å²) in [6.07, 6.45) is 7.87. The van der Waals surface area contributed by atoms with E-state index in [1.807, 2.05) is 72.8 Å². The number of aliphatic hydroxyl groups is 1. The van der Waals surface area contributed by atoms with Gasteiger partial charge >= 0.3 is 0 Å². The van der Waals surface area contributed by atoms with E-state index >= 15 is 0 Å². The zero-order chi connectivity index (χ0) is 28.7. The highest BCUT2D eigenvalue weighted by Gasteiger charge is 2.33. The molecule has 0 unspecified atom stereocenters. The van der Waals surface area contributed by atoms with Gasteiger partial charge in [-0.2, -0.15) is 0 Å². The highest BCUT2D eigenvalue weighted by atomic mass is 16.7. The molecule has 2 N–H and O–H groups in total. The van der Waals surface area contributed by atoms with Gasteiger partial charge in [0.2, 0.25) is 0 Å². The summed E-state index contributed by atoms with van der Waals surface area (Å²) in [5.74, 6) is -0.326. The molecular weight excluding hydrogens is 528 g/mol. The Morgan fingerprint density at radius 2 is 1.64 bits per heavy atom. The third kappa shape index (κ3) is 7.02. The topological polar surface area (TPSA) is 96.8 Å². The van der Waals surface area contributed by atoms with E-state index < -0.39 is 6.29 Å². The molecule has 42 heavy (non-hydrogen) atoms. The summed E-state index contributed by atoms with van der Waals surface area (Å²) in [6, 6.07) is 23.1. The lowest BCUT2D eigenvalue weighted by Gasteiger charge is -2.39. The number of carbonyl (C=O) groups excluding carboxylic acids is 1. The molecule has 2 fully saturated rings. The number of fused-ring (bicyclic) bond motifs is 1. The van der Waals surface area contributed by atoms with Crippen LogP contribution in [-0.2, 0) is 16.1 Å². The Balaban J connectivity index is 1.20. The van der Waals surface area contributed by atoms with Crippen molar-refractivity contribution >= 4 is 22.6 Å². The van der Waals surface area contributed by atoms with Crippen LogP contribution >= 0.6 is 0 Å². The molecule has 8 nitrogen and oxygen atoms in total. The number of hydrogen-bond acceptors (Lipinski definition) is 7. The van der Waals surface area contributed by atoms with E-state index in [1.165, 1.54) is 38.3 Å². The van der Waals surface area contributed by atoms with Crippen LogP contribution < -0.4 is 5.32 Å². The fourth-order valence-electron chi connectivity index (χ4n) is 5.84. The van der Waals surface area contributed by atoms with E-state index in [-0.39, 0.29) is 30.4 Å². The maximum Gasteiger partial charge on any atom is 0.275 e. The van der Waals surface area contributed by atoms with E-state index in [2.05, 4.69) is 20.2 Å². The van der Waals surface area contributed by atoms with Crippen LogP contribution in [0.1, 0.15) is 78.1 Å². The number of aliphatic hydroxyl groups excluding tert-OH is 1. The van der Waals surface area contributed by atoms with Gasteiger partial charge in [-0.25, -0.2) is 4.98 Å². The minimum absolute atomic E-state index is 0.00295. The maximum atomic E-state index is 13.1. The van der Waals surface area contributed by atoms with Crippen LogP contribution in [0.4, 0.5) is 5.69 Å². The van der Waals surface area contributed by atoms with Gasteiger partial charge in [-0.1, -0.05) is 67.8 Å². The van der Waals surface area contributed by atoms with Crippen molar-refractivity contribution in [3.63, 3.8) is 0 Å². The van der Waals surface area contributed by atoms with Gasteiger partial charge < -0.3 is 24.8 Å². The van der Waals surface area contributed by atoms with E-state index in [0.29, 0.717) is 11.2 Å². The molecule has 3 heterocycles. The Bertz CT molecular complexity index is 1490.